The molecule has 1 aromatic heterocycles. The predicted octanol–water partition coefficient (Wildman–Crippen LogP) is 1.62. The zero-order valence-electron chi connectivity index (χ0n) is 12.4. The molecule has 1 saturated heterocycles. The van der Waals surface area contributed by atoms with E-state index in [1.54, 1.807) is 0 Å². The van der Waals surface area contributed by atoms with Gasteiger partial charge < -0.3 is 4.90 Å². The Hall–Kier alpha value is -0.760. The lowest BCUT2D eigenvalue weighted by Gasteiger charge is -2.37. The van der Waals surface area contributed by atoms with Crippen LogP contribution in [0.25, 0.3) is 0 Å². The Balaban J connectivity index is 2.06. The summed E-state index contributed by atoms with van der Waals surface area (Å²) in [6.07, 6.45) is 4.24. The number of halogens is 1. The van der Waals surface area contributed by atoms with Gasteiger partial charge in [-0.05, 0) is 37.5 Å². The van der Waals surface area contributed by atoms with Gasteiger partial charge in [-0.25, -0.2) is 18.4 Å². The van der Waals surface area contributed by atoms with Crippen LogP contribution in [0.3, 0.4) is 0 Å². The molecule has 0 N–H and O–H groups in total. The second-order valence-corrected chi connectivity index (χ2v) is 7.32. The van der Waals surface area contributed by atoms with Crippen molar-refractivity contribution in [2.45, 2.75) is 37.6 Å². The third kappa shape index (κ3) is 3.71. The third-order valence-corrected chi connectivity index (χ3v) is 6.03. The zero-order valence-corrected chi connectivity index (χ0v) is 13.9. The standard InChI is InChI=1S/C13H21ClN4O2S/c1-3-17(4-2)11-5-7-18(8-6-11)21(19,20)12-9-15-13(14)16-10-12/h9-11H,3-8H2,1-2H3. The molecule has 0 unspecified atom stereocenters. The number of hydrogen-bond donors (Lipinski definition) is 0. The molecule has 2 heterocycles. The van der Waals surface area contributed by atoms with Crippen LogP contribution in [0.1, 0.15) is 26.7 Å². The van der Waals surface area contributed by atoms with E-state index in [0.29, 0.717) is 19.1 Å². The molecule has 8 heteroatoms. The fraction of sp³-hybridized carbons (Fsp3) is 0.692. The monoisotopic (exact) mass is 332 g/mol. The predicted molar refractivity (Wildman–Crippen MR) is 81.7 cm³/mol. The summed E-state index contributed by atoms with van der Waals surface area (Å²) >= 11 is 5.60. The highest BCUT2D eigenvalue weighted by atomic mass is 35.5. The Morgan fingerprint density at radius 3 is 2.24 bits per heavy atom. The van der Waals surface area contributed by atoms with Gasteiger partial charge in [-0.15, -0.1) is 0 Å². The van der Waals surface area contributed by atoms with E-state index >= 15 is 0 Å². The second-order valence-electron chi connectivity index (χ2n) is 5.04. The number of sulfonamides is 1. The Labute approximate surface area is 131 Å². The van der Waals surface area contributed by atoms with Crippen molar-refractivity contribution in [2.75, 3.05) is 26.2 Å². The maximum atomic E-state index is 12.5. The van der Waals surface area contributed by atoms with Crippen molar-refractivity contribution < 1.29 is 8.42 Å². The van der Waals surface area contributed by atoms with Crippen LogP contribution in [-0.2, 0) is 10.0 Å². The first kappa shape index (κ1) is 16.6. The van der Waals surface area contributed by atoms with E-state index in [4.69, 9.17) is 11.6 Å². The Morgan fingerprint density at radius 1 is 1.24 bits per heavy atom. The van der Waals surface area contributed by atoms with Crippen LogP contribution in [0.5, 0.6) is 0 Å². The van der Waals surface area contributed by atoms with Crippen LogP contribution in [0.2, 0.25) is 5.28 Å². The lowest BCUT2D eigenvalue weighted by molar-refractivity contribution is 0.152. The highest BCUT2D eigenvalue weighted by Crippen LogP contribution is 2.22. The van der Waals surface area contributed by atoms with E-state index in [2.05, 4.69) is 28.7 Å². The molecule has 0 aromatic carbocycles. The van der Waals surface area contributed by atoms with Gasteiger partial charge in [0.1, 0.15) is 4.90 Å². The van der Waals surface area contributed by atoms with Crippen molar-refractivity contribution in [3.8, 4) is 0 Å². The highest BCUT2D eigenvalue weighted by Gasteiger charge is 2.31. The van der Waals surface area contributed by atoms with Gasteiger partial charge in [0.25, 0.3) is 0 Å². The van der Waals surface area contributed by atoms with E-state index in [1.165, 1.54) is 16.7 Å². The molecule has 1 aliphatic heterocycles. The van der Waals surface area contributed by atoms with Crippen LogP contribution in [0, 0.1) is 0 Å². The molecule has 21 heavy (non-hydrogen) atoms. The van der Waals surface area contributed by atoms with E-state index in [1.807, 2.05) is 0 Å². The van der Waals surface area contributed by atoms with Crippen molar-refractivity contribution >= 4 is 21.6 Å². The lowest BCUT2D eigenvalue weighted by Crippen LogP contribution is -2.46. The van der Waals surface area contributed by atoms with E-state index in [9.17, 15) is 8.42 Å². The van der Waals surface area contributed by atoms with Crippen LogP contribution < -0.4 is 0 Å². The molecular formula is C13H21ClN4O2S. The maximum absolute atomic E-state index is 12.5. The average Bonchev–Trinajstić information content (AvgIpc) is 2.49. The summed E-state index contributed by atoms with van der Waals surface area (Å²) in [5.74, 6) is 0. The van der Waals surface area contributed by atoms with E-state index < -0.39 is 10.0 Å². The van der Waals surface area contributed by atoms with Crippen molar-refractivity contribution in [1.29, 1.82) is 0 Å². The number of piperidine rings is 1. The molecule has 0 spiro atoms. The molecule has 0 amide bonds. The smallest absolute Gasteiger partial charge is 0.246 e. The molecule has 0 radical (unpaired) electrons. The van der Waals surface area contributed by atoms with Gasteiger partial charge in [0.15, 0.2) is 0 Å². The highest BCUT2D eigenvalue weighted by molar-refractivity contribution is 7.89. The Kier molecular flexibility index (Phi) is 5.54. The first-order valence-electron chi connectivity index (χ1n) is 7.20. The SMILES string of the molecule is CCN(CC)C1CCN(S(=O)(=O)c2cnc(Cl)nc2)CC1. The number of nitrogens with zero attached hydrogens (tertiary/aromatic N) is 4. The van der Waals surface area contributed by atoms with E-state index in [0.717, 1.165) is 25.9 Å². The first-order chi connectivity index (χ1) is 9.98. The summed E-state index contributed by atoms with van der Waals surface area (Å²) < 4.78 is 26.5. The van der Waals surface area contributed by atoms with Gasteiger partial charge in [0.2, 0.25) is 15.3 Å². The van der Waals surface area contributed by atoms with Gasteiger partial charge in [-0.1, -0.05) is 13.8 Å². The van der Waals surface area contributed by atoms with Gasteiger partial charge in [0, 0.05) is 19.1 Å². The Morgan fingerprint density at radius 2 is 1.76 bits per heavy atom. The van der Waals surface area contributed by atoms with Crippen molar-refractivity contribution in [3.63, 3.8) is 0 Å². The summed E-state index contributed by atoms with van der Waals surface area (Å²) in [5.41, 5.74) is 0. The number of aromatic nitrogens is 2. The normalized spacial score (nSPS) is 18.3. The van der Waals surface area contributed by atoms with Crippen LogP contribution >= 0.6 is 11.6 Å². The fourth-order valence-electron chi connectivity index (χ4n) is 2.77. The molecular weight excluding hydrogens is 312 g/mol. The molecule has 0 saturated carbocycles. The molecule has 6 nitrogen and oxygen atoms in total. The van der Waals surface area contributed by atoms with E-state index in [-0.39, 0.29) is 10.2 Å². The molecule has 0 bridgehead atoms. The second kappa shape index (κ2) is 7.00. The summed E-state index contributed by atoms with van der Waals surface area (Å²) in [6, 6.07) is 0.466. The topological polar surface area (TPSA) is 66.4 Å². The average molecular weight is 333 g/mol. The van der Waals surface area contributed by atoms with Crippen LogP contribution in [0.4, 0.5) is 0 Å². The Bertz CT molecular complexity index is 552. The molecule has 118 valence electrons. The minimum absolute atomic E-state index is 0.0502. The molecule has 1 aromatic rings. The van der Waals surface area contributed by atoms with Crippen molar-refractivity contribution in [2.24, 2.45) is 0 Å². The van der Waals surface area contributed by atoms with Gasteiger partial charge in [-0.2, -0.15) is 4.31 Å². The van der Waals surface area contributed by atoms with Gasteiger partial charge in [0.05, 0.1) is 12.4 Å². The lowest BCUT2D eigenvalue weighted by atomic mass is 10.1. The summed E-state index contributed by atoms with van der Waals surface area (Å²) in [6.45, 7) is 7.34. The number of rotatable bonds is 5. The molecule has 1 fully saturated rings. The van der Waals surface area contributed by atoms with Crippen LogP contribution in [0.15, 0.2) is 17.3 Å². The molecule has 1 aliphatic rings. The van der Waals surface area contributed by atoms with Crippen molar-refractivity contribution in [1.82, 2.24) is 19.2 Å². The molecule has 0 atom stereocenters. The molecule has 0 aliphatic carbocycles. The van der Waals surface area contributed by atoms with Crippen LogP contribution in [-0.4, -0.2) is 59.8 Å². The van der Waals surface area contributed by atoms with Gasteiger partial charge in [-0.3, -0.25) is 0 Å². The summed E-state index contributed by atoms with van der Waals surface area (Å²) in [5, 5.41) is 0.0502. The van der Waals surface area contributed by atoms with Gasteiger partial charge >= 0.3 is 0 Å². The van der Waals surface area contributed by atoms with Crippen molar-refractivity contribution in [3.05, 3.63) is 17.7 Å². The summed E-state index contributed by atoms with van der Waals surface area (Å²) in [4.78, 5) is 9.99. The maximum Gasteiger partial charge on any atom is 0.246 e. The minimum atomic E-state index is -3.51. The first-order valence-corrected chi connectivity index (χ1v) is 9.02. The third-order valence-electron chi connectivity index (χ3n) is 3.99. The summed E-state index contributed by atoms with van der Waals surface area (Å²) in [7, 11) is -3.51. The minimum Gasteiger partial charge on any atom is -0.301 e. The fourth-order valence-corrected chi connectivity index (χ4v) is 4.23. The number of hydrogen-bond acceptors (Lipinski definition) is 5. The largest absolute Gasteiger partial charge is 0.301 e. The molecule has 2 rings (SSSR count). The zero-order chi connectivity index (χ0) is 15.5. The quantitative estimate of drug-likeness (QED) is 0.767.